The second-order valence-corrected chi connectivity index (χ2v) is 4.97. The van der Waals surface area contributed by atoms with E-state index in [1.807, 2.05) is 6.92 Å². The predicted octanol–water partition coefficient (Wildman–Crippen LogP) is 4.82. The summed E-state index contributed by atoms with van der Waals surface area (Å²) in [5.41, 5.74) is -0.851. The third-order valence-corrected chi connectivity index (χ3v) is 3.33. The quantitative estimate of drug-likeness (QED) is 0.761. The number of aromatic nitrogens is 1. The molecule has 1 rings (SSSR count). The van der Waals surface area contributed by atoms with Crippen molar-refractivity contribution in [2.45, 2.75) is 25.9 Å². The fraction of sp³-hybridized carbons (Fsp3) is 0.583. The number of nitrogens with one attached hydrogen (secondary N) is 1. The molecule has 0 saturated heterocycles. The van der Waals surface area contributed by atoms with Gasteiger partial charge in [-0.1, -0.05) is 24.9 Å². The standard InChI is InChI=1S/C12H15Cl2F3N2/c1-2-8(3-4-13)6-18-11-10(14)5-9(7-19-11)12(15,16)17/h5,7-8H,2-4,6H2,1H3,(H,18,19). The van der Waals surface area contributed by atoms with Crippen LogP contribution in [-0.4, -0.2) is 17.4 Å². The van der Waals surface area contributed by atoms with Crippen molar-refractivity contribution in [3.63, 3.8) is 0 Å². The molecule has 19 heavy (non-hydrogen) atoms. The van der Waals surface area contributed by atoms with Crippen LogP contribution in [0, 0.1) is 5.92 Å². The first kappa shape index (κ1) is 16.4. The van der Waals surface area contributed by atoms with Gasteiger partial charge in [-0.15, -0.1) is 11.6 Å². The van der Waals surface area contributed by atoms with E-state index < -0.39 is 11.7 Å². The highest BCUT2D eigenvalue weighted by Gasteiger charge is 2.31. The van der Waals surface area contributed by atoms with E-state index in [1.165, 1.54) is 0 Å². The summed E-state index contributed by atoms with van der Waals surface area (Å²) in [6, 6.07) is 0.874. The third kappa shape index (κ3) is 5.07. The molecule has 1 N–H and O–H groups in total. The normalized spacial score (nSPS) is 13.4. The fourth-order valence-electron chi connectivity index (χ4n) is 1.57. The summed E-state index contributed by atoms with van der Waals surface area (Å²) in [5.74, 6) is 1.16. The monoisotopic (exact) mass is 314 g/mol. The molecule has 0 fully saturated rings. The van der Waals surface area contributed by atoms with Gasteiger partial charge in [0.15, 0.2) is 0 Å². The number of nitrogens with zero attached hydrogens (tertiary/aromatic N) is 1. The van der Waals surface area contributed by atoms with Crippen molar-refractivity contribution in [1.82, 2.24) is 4.98 Å². The molecule has 108 valence electrons. The molecule has 0 aliphatic heterocycles. The topological polar surface area (TPSA) is 24.9 Å². The zero-order valence-corrected chi connectivity index (χ0v) is 11.9. The molecule has 0 spiro atoms. The first-order valence-electron chi connectivity index (χ1n) is 5.91. The van der Waals surface area contributed by atoms with E-state index in [9.17, 15) is 13.2 Å². The number of rotatable bonds is 6. The lowest BCUT2D eigenvalue weighted by Gasteiger charge is -2.16. The molecule has 1 aromatic heterocycles. The second-order valence-electron chi connectivity index (χ2n) is 4.19. The SMILES string of the molecule is CCC(CCCl)CNc1ncc(C(F)(F)F)cc1Cl. The minimum atomic E-state index is -4.43. The van der Waals surface area contributed by atoms with Crippen molar-refractivity contribution in [2.75, 3.05) is 17.7 Å². The lowest BCUT2D eigenvalue weighted by molar-refractivity contribution is -0.137. The summed E-state index contributed by atoms with van der Waals surface area (Å²) >= 11 is 11.5. The Morgan fingerprint density at radius 1 is 1.42 bits per heavy atom. The average molecular weight is 315 g/mol. The van der Waals surface area contributed by atoms with Crippen LogP contribution in [0.25, 0.3) is 0 Å². The molecule has 0 amide bonds. The van der Waals surface area contributed by atoms with Gasteiger partial charge in [-0.2, -0.15) is 13.2 Å². The van der Waals surface area contributed by atoms with Crippen molar-refractivity contribution >= 4 is 29.0 Å². The van der Waals surface area contributed by atoms with Crippen LogP contribution in [0.5, 0.6) is 0 Å². The summed E-state index contributed by atoms with van der Waals surface area (Å²) in [5, 5.41) is 2.93. The zero-order valence-electron chi connectivity index (χ0n) is 10.4. The molecule has 0 aliphatic carbocycles. The van der Waals surface area contributed by atoms with Crippen molar-refractivity contribution in [1.29, 1.82) is 0 Å². The largest absolute Gasteiger partial charge is 0.417 e. The number of alkyl halides is 4. The maximum atomic E-state index is 12.4. The van der Waals surface area contributed by atoms with Gasteiger partial charge in [0.2, 0.25) is 0 Å². The molecule has 1 atom stereocenters. The van der Waals surface area contributed by atoms with E-state index in [1.54, 1.807) is 0 Å². The van der Waals surface area contributed by atoms with Gasteiger partial charge in [0.25, 0.3) is 0 Å². The molecular weight excluding hydrogens is 300 g/mol. The Kier molecular flexibility index (Phi) is 6.20. The molecule has 0 saturated carbocycles. The highest BCUT2D eigenvalue weighted by molar-refractivity contribution is 6.32. The Labute approximate surface area is 120 Å². The first-order valence-corrected chi connectivity index (χ1v) is 6.82. The maximum absolute atomic E-state index is 12.4. The van der Waals surface area contributed by atoms with Gasteiger partial charge in [0.1, 0.15) is 5.82 Å². The van der Waals surface area contributed by atoms with Crippen LogP contribution >= 0.6 is 23.2 Å². The third-order valence-electron chi connectivity index (χ3n) is 2.82. The van der Waals surface area contributed by atoms with Gasteiger partial charge in [-0.25, -0.2) is 4.98 Å². The molecule has 0 aliphatic rings. The Morgan fingerprint density at radius 3 is 2.58 bits per heavy atom. The van der Waals surface area contributed by atoms with Gasteiger partial charge >= 0.3 is 6.18 Å². The Bertz CT molecular complexity index is 410. The molecule has 0 bridgehead atoms. The summed E-state index contributed by atoms with van der Waals surface area (Å²) < 4.78 is 37.3. The fourth-order valence-corrected chi connectivity index (χ4v) is 2.11. The van der Waals surface area contributed by atoms with Crippen molar-refractivity contribution in [3.05, 3.63) is 22.8 Å². The van der Waals surface area contributed by atoms with E-state index in [0.717, 1.165) is 25.1 Å². The second kappa shape index (κ2) is 7.20. The van der Waals surface area contributed by atoms with Crippen molar-refractivity contribution in [2.24, 2.45) is 5.92 Å². The van der Waals surface area contributed by atoms with Gasteiger partial charge < -0.3 is 5.32 Å². The average Bonchev–Trinajstić information content (AvgIpc) is 2.34. The lowest BCUT2D eigenvalue weighted by atomic mass is 10.0. The summed E-state index contributed by atoms with van der Waals surface area (Å²) in [6.07, 6.45) is -1.89. The van der Waals surface area contributed by atoms with Crippen LogP contribution in [0.3, 0.4) is 0 Å². The molecule has 1 heterocycles. The molecule has 0 aromatic carbocycles. The van der Waals surface area contributed by atoms with Crippen LogP contribution in [0.2, 0.25) is 5.02 Å². The van der Waals surface area contributed by atoms with E-state index in [-0.39, 0.29) is 10.8 Å². The van der Waals surface area contributed by atoms with E-state index in [0.29, 0.717) is 18.3 Å². The number of pyridine rings is 1. The summed E-state index contributed by atoms with van der Waals surface area (Å²) in [4.78, 5) is 3.72. The molecular formula is C12H15Cl2F3N2. The Balaban J connectivity index is 2.70. The minimum absolute atomic E-state index is 0.0319. The van der Waals surface area contributed by atoms with E-state index >= 15 is 0 Å². The van der Waals surface area contributed by atoms with Crippen LogP contribution in [-0.2, 0) is 6.18 Å². The molecule has 2 nitrogen and oxygen atoms in total. The molecule has 7 heteroatoms. The van der Waals surface area contributed by atoms with E-state index in [2.05, 4.69) is 10.3 Å². The van der Waals surface area contributed by atoms with Crippen LogP contribution in [0.1, 0.15) is 25.3 Å². The van der Waals surface area contributed by atoms with Crippen LogP contribution < -0.4 is 5.32 Å². The predicted molar refractivity (Wildman–Crippen MR) is 71.9 cm³/mol. The van der Waals surface area contributed by atoms with Crippen LogP contribution in [0.15, 0.2) is 12.3 Å². The van der Waals surface area contributed by atoms with Crippen molar-refractivity contribution in [3.8, 4) is 0 Å². The maximum Gasteiger partial charge on any atom is 0.417 e. The number of anilines is 1. The summed E-state index contributed by atoms with van der Waals surface area (Å²) in [7, 11) is 0. The molecule has 0 radical (unpaired) electrons. The van der Waals surface area contributed by atoms with E-state index in [4.69, 9.17) is 23.2 Å². The van der Waals surface area contributed by atoms with Crippen molar-refractivity contribution < 1.29 is 13.2 Å². The summed E-state index contributed by atoms with van der Waals surface area (Å²) in [6.45, 7) is 2.61. The first-order chi connectivity index (χ1) is 8.88. The van der Waals surface area contributed by atoms with Gasteiger partial charge in [-0.3, -0.25) is 0 Å². The zero-order chi connectivity index (χ0) is 14.5. The minimum Gasteiger partial charge on any atom is -0.369 e. The lowest BCUT2D eigenvalue weighted by Crippen LogP contribution is -2.15. The molecule has 1 unspecified atom stereocenters. The van der Waals surface area contributed by atoms with Gasteiger partial charge in [0.05, 0.1) is 10.6 Å². The number of hydrogen-bond acceptors (Lipinski definition) is 2. The number of hydrogen-bond donors (Lipinski definition) is 1. The van der Waals surface area contributed by atoms with Gasteiger partial charge in [-0.05, 0) is 18.4 Å². The Morgan fingerprint density at radius 2 is 2.11 bits per heavy atom. The van der Waals surface area contributed by atoms with Gasteiger partial charge in [0, 0.05) is 18.6 Å². The number of halogens is 5. The highest BCUT2D eigenvalue weighted by Crippen LogP contribution is 2.32. The highest BCUT2D eigenvalue weighted by atomic mass is 35.5. The molecule has 1 aromatic rings. The Hall–Kier alpha value is -0.680. The smallest absolute Gasteiger partial charge is 0.369 e. The van der Waals surface area contributed by atoms with Crippen LogP contribution in [0.4, 0.5) is 19.0 Å².